The first-order valence-corrected chi connectivity index (χ1v) is 7.69. The van der Waals surface area contributed by atoms with Gasteiger partial charge in [-0.25, -0.2) is 0 Å². The third kappa shape index (κ3) is 3.96. The molecule has 0 bridgehead atoms. The number of carbonyl (C=O) groups is 1. The SMILES string of the molecule is Cc1cc(NC(=O)C(C)N2CCOC(Cn3cccn3)C2)no1. The van der Waals surface area contributed by atoms with Crippen LogP contribution in [0.4, 0.5) is 5.82 Å². The largest absolute Gasteiger partial charge is 0.374 e. The highest BCUT2D eigenvalue weighted by Gasteiger charge is 2.28. The van der Waals surface area contributed by atoms with Gasteiger partial charge in [0.15, 0.2) is 5.82 Å². The Balaban J connectivity index is 1.55. The maximum atomic E-state index is 12.4. The molecule has 1 fully saturated rings. The van der Waals surface area contributed by atoms with E-state index in [1.807, 2.05) is 23.9 Å². The van der Waals surface area contributed by atoms with Gasteiger partial charge in [-0.1, -0.05) is 5.16 Å². The van der Waals surface area contributed by atoms with E-state index in [1.165, 1.54) is 0 Å². The van der Waals surface area contributed by atoms with Crippen LogP contribution in [0.5, 0.6) is 0 Å². The van der Waals surface area contributed by atoms with Gasteiger partial charge in [0.1, 0.15) is 5.76 Å². The van der Waals surface area contributed by atoms with E-state index in [0.29, 0.717) is 31.3 Å². The Kier molecular flexibility index (Phi) is 4.73. The molecule has 0 radical (unpaired) electrons. The summed E-state index contributed by atoms with van der Waals surface area (Å²) < 4.78 is 12.6. The van der Waals surface area contributed by atoms with Crippen LogP contribution in [0.2, 0.25) is 0 Å². The van der Waals surface area contributed by atoms with Gasteiger partial charge < -0.3 is 14.6 Å². The van der Waals surface area contributed by atoms with Crippen molar-refractivity contribution < 1.29 is 14.1 Å². The van der Waals surface area contributed by atoms with Gasteiger partial charge in [0.25, 0.3) is 0 Å². The second-order valence-corrected chi connectivity index (χ2v) is 5.70. The Labute approximate surface area is 134 Å². The average molecular weight is 319 g/mol. The van der Waals surface area contributed by atoms with Crippen LogP contribution in [0, 0.1) is 6.92 Å². The van der Waals surface area contributed by atoms with E-state index in [9.17, 15) is 4.79 Å². The number of aryl methyl sites for hydroxylation is 1. The number of nitrogens with zero attached hydrogens (tertiary/aromatic N) is 4. The molecule has 1 aliphatic heterocycles. The van der Waals surface area contributed by atoms with Crippen molar-refractivity contribution in [2.45, 2.75) is 32.5 Å². The van der Waals surface area contributed by atoms with E-state index in [4.69, 9.17) is 9.26 Å². The maximum absolute atomic E-state index is 12.4. The van der Waals surface area contributed by atoms with Gasteiger partial charge in [0.05, 0.1) is 25.3 Å². The molecule has 1 amide bonds. The fraction of sp³-hybridized carbons (Fsp3) is 0.533. The topological polar surface area (TPSA) is 85.4 Å². The lowest BCUT2D eigenvalue weighted by Gasteiger charge is -2.35. The van der Waals surface area contributed by atoms with E-state index in [0.717, 1.165) is 6.54 Å². The highest BCUT2D eigenvalue weighted by atomic mass is 16.5. The van der Waals surface area contributed by atoms with E-state index >= 15 is 0 Å². The monoisotopic (exact) mass is 319 g/mol. The molecule has 3 heterocycles. The zero-order valence-corrected chi connectivity index (χ0v) is 13.3. The first kappa shape index (κ1) is 15.7. The molecule has 0 aromatic carbocycles. The molecule has 3 rings (SSSR count). The minimum Gasteiger partial charge on any atom is -0.374 e. The van der Waals surface area contributed by atoms with Crippen molar-refractivity contribution in [2.75, 3.05) is 25.0 Å². The smallest absolute Gasteiger partial charge is 0.242 e. The molecule has 2 aromatic heterocycles. The van der Waals surface area contributed by atoms with Crippen LogP contribution >= 0.6 is 0 Å². The van der Waals surface area contributed by atoms with Crippen molar-refractivity contribution in [3.8, 4) is 0 Å². The van der Waals surface area contributed by atoms with E-state index in [2.05, 4.69) is 20.5 Å². The van der Waals surface area contributed by atoms with E-state index in [1.54, 1.807) is 19.2 Å². The third-order valence-electron chi connectivity index (χ3n) is 3.93. The lowest BCUT2D eigenvalue weighted by Crippen LogP contribution is -2.51. The van der Waals surface area contributed by atoms with Gasteiger partial charge in [-0.3, -0.25) is 14.4 Å². The highest BCUT2D eigenvalue weighted by Crippen LogP contribution is 2.13. The number of ether oxygens (including phenoxy) is 1. The zero-order valence-electron chi connectivity index (χ0n) is 13.3. The van der Waals surface area contributed by atoms with Crippen LogP contribution in [0.25, 0.3) is 0 Å². The Morgan fingerprint density at radius 1 is 1.57 bits per heavy atom. The molecule has 1 saturated heterocycles. The number of nitrogens with one attached hydrogen (secondary N) is 1. The molecule has 8 nitrogen and oxygen atoms in total. The molecule has 0 aliphatic carbocycles. The number of hydrogen-bond donors (Lipinski definition) is 1. The lowest BCUT2D eigenvalue weighted by molar-refractivity contribution is -0.124. The molecule has 1 N–H and O–H groups in total. The highest BCUT2D eigenvalue weighted by molar-refractivity contribution is 5.93. The summed E-state index contributed by atoms with van der Waals surface area (Å²) in [6.07, 6.45) is 3.68. The van der Waals surface area contributed by atoms with Crippen molar-refractivity contribution in [1.29, 1.82) is 0 Å². The van der Waals surface area contributed by atoms with Crippen molar-refractivity contribution in [3.63, 3.8) is 0 Å². The number of rotatable bonds is 5. The molecule has 0 saturated carbocycles. The summed E-state index contributed by atoms with van der Waals surface area (Å²) in [6, 6.07) is 3.32. The second kappa shape index (κ2) is 6.93. The number of morpholine rings is 1. The Morgan fingerprint density at radius 3 is 3.13 bits per heavy atom. The predicted octanol–water partition coefficient (Wildman–Crippen LogP) is 0.908. The molecule has 23 heavy (non-hydrogen) atoms. The van der Waals surface area contributed by atoms with Crippen LogP contribution in [-0.2, 0) is 16.1 Å². The Bertz CT molecular complexity index is 639. The first-order chi connectivity index (χ1) is 11.1. The third-order valence-corrected chi connectivity index (χ3v) is 3.93. The van der Waals surface area contributed by atoms with Crippen molar-refractivity contribution in [3.05, 3.63) is 30.3 Å². The van der Waals surface area contributed by atoms with E-state index in [-0.39, 0.29) is 18.1 Å². The molecule has 8 heteroatoms. The average Bonchev–Trinajstić information content (AvgIpc) is 3.18. The fourth-order valence-electron chi connectivity index (χ4n) is 2.64. The minimum absolute atomic E-state index is 0.0215. The normalized spacial score (nSPS) is 20.3. The van der Waals surface area contributed by atoms with Crippen LogP contribution < -0.4 is 5.32 Å². The number of aromatic nitrogens is 3. The Morgan fingerprint density at radius 2 is 2.43 bits per heavy atom. The number of carbonyl (C=O) groups excluding carboxylic acids is 1. The molecular formula is C15H21N5O3. The summed E-state index contributed by atoms with van der Waals surface area (Å²) >= 11 is 0. The zero-order chi connectivity index (χ0) is 16.2. The molecular weight excluding hydrogens is 298 g/mol. The Hall–Kier alpha value is -2.19. The van der Waals surface area contributed by atoms with Gasteiger partial charge in [-0.15, -0.1) is 0 Å². The molecule has 2 aromatic rings. The fourth-order valence-corrected chi connectivity index (χ4v) is 2.64. The molecule has 124 valence electrons. The van der Waals surface area contributed by atoms with Crippen LogP contribution in [-0.4, -0.2) is 57.6 Å². The first-order valence-electron chi connectivity index (χ1n) is 7.69. The molecule has 0 spiro atoms. The number of hydrogen-bond acceptors (Lipinski definition) is 6. The molecule has 2 unspecified atom stereocenters. The number of amides is 1. The lowest BCUT2D eigenvalue weighted by atomic mass is 10.2. The van der Waals surface area contributed by atoms with Crippen LogP contribution in [0.1, 0.15) is 12.7 Å². The van der Waals surface area contributed by atoms with Gasteiger partial charge >= 0.3 is 0 Å². The van der Waals surface area contributed by atoms with Gasteiger partial charge in [0.2, 0.25) is 5.91 Å². The van der Waals surface area contributed by atoms with Crippen LogP contribution in [0.3, 0.4) is 0 Å². The van der Waals surface area contributed by atoms with Crippen molar-refractivity contribution in [1.82, 2.24) is 19.8 Å². The number of anilines is 1. The minimum atomic E-state index is -0.268. The molecule has 2 atom stereocenters. The standard InChI is InChI=1S/C15H21N5O3/c1-11-8-14(18-23-11)17-15(21)12(2)19-6-7-22-13(9-19)10-20-5-3-4-16-20/h3-5,8,12-13H,6-7,9-10H2,1-2H3,(H,17,18,21). The quantitative estimate of drug-likeness (QED) is 0.881. The summed E-state index contributed by atoms with van der Waals surface area (Å²) in [5, 5.41) is 10.8. The summed E-state index contributed by atoms with van der Waals surface area (Å²) in [4.78, 5) is 14.5. The molecule has 1 aliphatic rings. The van der Waals surface area contributed by atoms with Gasteiger partial charge in [-0.05, 0) is 19.9 Å². The van der Waals surface area contributed by atoms with Crippen LogP contribution in [0.15, 0.2) is 29.0 Å². The van der Waals surface area contributed by atoms with Gasteiger partial charge in [0, 0.05) is 31.5 Å². The summed E-state index contributed by atoms with van der Waals surface area (Å²) in [6.45, 7) is 6.37. The van der Waals surface area contributed by atoms with Crippen molar-refractivity contribution in [2.24, 2.45) is 0 Å². The van der Waals surface area contributed by atoms with Gasteiger partial charge in [-0.2, -0.15) is 5.10 Å². The summed E-state index contributed by atoms with van der Waals surface area (Å²) in [7, 11) is 0. The summed E-state index contributed by atoms with van der Waals surface area (Å²) in [5.74, 6) is 1.01. The summed E-state index contributed by atoms with van der Waals surface area (Å²) in [5.41, 5.74) is 0. The predicted molar refractivity (Wildman–Crippen MR) is 82.9 cm³/mol. The second-order valence-electron chi connectivity index (χ2n) is 5.70. The maximum Gasteiger partial charge on any atom is 0.242 e. The van der Waals surface area contributed by atoms with Crippen molar-refractivity contribution >= 4 is 11.7 Å². The van der Waals surface area contributed by atoms with E-state index < -0.39 is 0 Å².